The van der Waals surface area contributed by atoms with Gasteiger partial charge in [-0.15, -0.1) is 0 Å². The number of rotatable bonds is 9. The van der Waals surface area contributed by atoms with E-state index >= 15 is 0 Å². The number of guanidine groups is 1. The average Bonchev–Trinajstić information content (AvgIpc) is 2.99. The van der Waals surface area contributed by atoms with Crippen molar-refractivity contribution < 1.29 is 13.9 Å². The van der Waals surface area contributed by atoms with Crippen LogP contribution in [0.25, 0.3) is 11.0 Å². The van der Waals surface area contributed by atoms with Gasteiger partial charge < -0.3 is 19.8 Å². The normalized spacial score (nSPS) is 11.6. The number of nitrogens with one attached hydrogen (secondary N) is 2. The van der Waals surface area contributed by atoms with Crippen LogP contribution >= 0.6 is 0 Å². The third kappa shape index (κ3) is 5.79. The number of nitrogens with zero attached hydrogens (tertiary/aromatic N) is 1. The van der Waals surface area contributed by atoms with Crippen LogP contribution in [0.4, 0.5) is 0 Å². The minimum absolute atomic E-state index is 0.131. The lowest BCUT2D eigenvalue weighted by Gasteiger charge is -2.11. The third-order valence-electron chi connectivity index (χ3n) is 4.41. The van der Waals surface area contributed by atoms with E-state index in [1.165, 1.54) is 7.11 Å². The Morgan fingerprint density at radius 2 is 1.92 bits per heavy atom. The molecule has 0 saturated carbocycles. The van der Waals surface area contributed by atoms with Gasteiger partial charge in [-0.05, 0) is 25.8 Å². The molecule has 0 fully saturated rings. The molecule has 1 aromatic carbocycles. The number of benzene rings is 1. The molecule has 2 rings (SSSR count). The minimum atomic E-state index is -0.131. The largest absolute Gasteiger partial charge is 0.469 e. The van der Waals surface area contributed by atoms with Crippen LogP contribution in [0.3, 0.4) is 0 Å². The van der Waals surface area contributed by atoms with Gasteiger partial charge in [-0.25, -0.2) is 0 Å². The smallest absolute Gasteiger partial charge is 0.305 e. The first-order valence-corrected chi connectivity index (χ1v) is 9.14. The number of esters is 1. The number of para-hydroxylation sites is 1. The van der Waals surface area contributed by atoms with E-state index in [1.807, 2.05) is 18.2 Å². The first-order valence-electron chi connectivity index (χ1n) is 9.14. The molecule has 6 nitrogen and oxygen atoms in total. The number of unbranched alkanes of at least 4 members (excludes halogenated alkanes) is 3. The second kappa shape index (κ2) is 10.5. The summed E-state index contributed by atoms with van der Waals surface area (Å²) in [4.78, 5) is 15.3. The molecule has 1 heterocycles. The molecule has 0 radical (unpaired) electrons. The SMILES string of the molecule is CN=C(NCCCCCCC(=O)OC)NCc1oc2ccccc2c1C. The molecule has 6 heteroatoms. The van der Waals surface area contributed by atoms with Crippen molar-refractivity contribution in [1.29, 1.82) is 0 Å². The van der Waals surface area contributed by atoms with Crippen LogP contribution in [-0.2, 0) is 16.1 Å². The maximum absolute atomic E-state index is 11.0. The summed E-state index contributed by atoms with van der Waals surface area (Å²) >= 11 is 0. The van der Waals surface area contributed by atoms with Crippen molar-refractivity contribution >= 4 is 22.9 Å². The van der Waals surface area contributed by atoms with E-state index in [-0.39, 0.29) is 5.97 Å². The molecule has 2 aromatic rings. The molecular formula is C20H29N3O3. The standard InChI is InChI=1S/C20H29N3O3/c1-15-16-10-7-8-11-17(16)26-18(15)14-23-20(21-2)22-13-9-5-4-6-12-19(24)25-3/h7-8,10-11H,4-6,9,12-14H2,1-3H3,(H2,21,22,23). The Morgan fingerprint density at radius 3 is 2.65 bits per heavy atom. The second-order valence-electron chi connectivity index (χ2n) is 6.24. The van der Waals surface area contributed by atoms with Gasteiger partial charge in [0.05, 0.1) is 13.7 Å². The first kappa shape index (κ1) is 19.8. The molecular weight excluding hydrogens is 330 g/mol. The van der Waals surface area contributed by atoms with Crippen molar-refractivity contribution in [2.45, 2.75) is 45.6 Å². The number of hydrogen-bond acceptors (Lipinski definition) is 4. The Bertz CT molecular complexity index is 737. The highest BCUT2D eigenvalue weighted by Crippen LogP contribution is 2.24. The van der Waals surface area contributed by atoms with Gasteiger partial charge in [0.15, 0.2) is 5.96 Å². The number of fused-ring (bicyclic) bond motifs is 1. The number of aryl methyl sites for hydroxylation is 1. The van der Waals surface area contributed by atoms with Crippen molar-refractivity contribution in [1.82, 2.24) is 10.6 Å². The lowest BCUT2D eigenvalue weighted by atomic mass is 10.1. The lowest BCUT2D eigenvalue weighted by Crippen LogP contribution is -2.37. The van der Waals surface area contributed by atoms with Crippen LogP contribution in [0.2, 0.25) is 0 Å². The van der Waals surface area contributed by atoms with Gasteiger partial charge in [0, 0.05) is 31.0 Å². The molecule has 0 aliphatic carbocycles. The molecule has 142 valence electrons. The molecule has 26 heavy (non-hydrogen) atoms. The van der Waals surface area contributed by atoms with Crippen molar-refractivity contribution in [3.63, 3.8) is 0 Å². The van der Waals surface area contributed by atoms with E-state index in [1.54, 1.807) is 7.05 Å². The predicted octanol–water partition coefficient (Wildman–Crippen LogP) is 3.53. The Balaban J connectivity index is 1.68. The van der Waals surface area contributed by atoms with Crippen LogP contribution in [-0.4, -0.2) is 32.6 Å². The highest BCUT2D eigenvalue weighted by molar-refractivity contribution is 5.82. The summed E-state index contributed by atoms with van der Waals surface area (Å²) in [5.74, 6) is 1.56. The number of ether oxygens (including phenoxy) is 1. The molecule has 0 bridgehead atoms. The fourth-order valence-corrected chi connectivity index (χ4v) is 2.83. The van der Waals surface area contributed by atoms with Crippen LogP contribution in [0, 0.1) is 6.92 Å². The number of carbonyl (C=O) groups excluding carboxylic acids is 1. The first-order chi connectivity index (χ1) is 12.7. The summed E-state index contributed by atoms with van der Waals surface area (Å²) in [7, 11) is 3.19. The Hall–Kier alpha value is -2.50. The van der Waals surface area contributed by atoms with Gasteiger partial charge in [-0.3, -0.25) is 9.79 Å². The second-order valence-corrected chi connectivity index (χ2v) is 6.24. The summed E-state index contributed by atoms with van der Waals surface area (Å²) in [6.07, 6.45) is 4.52. The summed E-state index contributed by atoms with van der Waals surface area (Å²) in [6, 6.07) is 8.06. The fraction of sp³-hybridized carbons (Fsp3) is 0.500. The zero-order valence-corrected chi connectivity index (χ0v) is 15.9. The van der Waals surface area contributed by atoms with Crippen molar-refractivity contribution in [2.75, 3.05) is 20.7 Å². The van der Waals surface area contributed by atoms with Gasteiger partial charge >= 0.3 is 5.97 Å². The molecule has 0 aliphatic heterocycles. The van der Waals surface area contributed by atoms with E-state index < -0.39 is 0 Å². The van der Waals surface area contributed by atoms with Gasteiger partial charge in [-0.1, -0.05) is 31.0 Å². The topological polar surface area (TPSA) is 75.9 Å². The van der Waals surface area contributed by atoms with E-state index in [0.29, 0.717) is 13.0 Å². The average molecular weight is 359 g/mol. The maximum Gasteiger partial charge on any atom is 0.305 e. The number of carbonyl (C=O) groups is 1. The molecule has 2 N–H and O–H groups in total. The van der Waals surface area contributed by atoms with Crippen LogP contribution in [0.1, 0.15) is 43.4 Å². The molecule has 0 spiro atoms. The minimum Gasteiger partial charge on any atom is -0.469 e. The Kier molecular flexibility index (Phi) is 7.99. The molecule has 0 unspecified atom stereocenters. The van der Waals surface area contributed by atoms with Gasteiger partial charge in [0.1, 0.15) is 11.3 Å². The van der Waals surface area contributed by atoms with E-state index in [2.05, 4.69) is 33.4 Å². The summed E-state index contributed by atoms with van der Waals surface area (Å²) in [6.45, 7) is 3.52. The quantitative estimate of drug-likeness (QED) is 0.310. The number of furan rings is 1. The molecule has 0 amide bonds. The number of aliphatic imine (C=N–C) groups is 1. The van der Waals surface area contributed by atoms with Crippen molar-refractivity contribution in [2.24, 2.45) is 4.99 Å². The molecule has 0 aliphatic rings. The van der Waals surface area contributed by atoms with E-state index in [0.717, 1.165) is 60.5 Å². The third-order valence-corrected chi connectivity index (χ3v) is 4.41. The summed E-state index contributed by atoms with van der Waals surface area (Å²) < 4.78 is 10.5. The molecule has 0 atom stereocenters. The molecule has 1 aromatic heterocycles. The highest BCUT2D eigenvalue weighted by Gasteiger charge is 2.10. The van der Waals surface area contributed by atoms with Gasteiger partial charge in [0.25, 0.3) is 0 Å². The fourth-order valence-electron chi connectivity index (χ4n) is 2.83. The summed E-state index contributed by atoms with van der Waals surface area (Å²) in [5.41, 5.74) is 2.07. The van der Waals surface area contributed by atoms with Crippen LogP contribution < -0.4 is 10.6 Å². The zero-order valence-electron chi connectivity index (χ0n) is 15.9. The van der Waals surface area contributed by atoms with E-state index in [9.17, 15) is 4.79 Å². The van der Waals surface area contributed by atoms with Crippen LogP contribution in [0.15, 0.2) is 33.7 Å². The highest BCUT2D eigenvalue weighted by atomic mass is 16.5. The maximum atomic E-state index is 11.0. The van der Waals surface area contributed by atoms with Crippen molar-refractivity contribution in [3.05, 3.63) is 35.6 Å². The zero-order chi connectivity index (χ0) is 18.8. The number of hydrogen-bond donors (Lipinski definition) is 2. The lowest BCUT2D eigenvalue weighted by molar-refractivity contribution is -0.140. The molecule has 0 saturated heterocycles. The van der Waals surface area contributed by atoms with Crippen LogP contribution in [0.5, 0.6) is 0 Å². The Morgan fingerprint density at radius 1 is 1.15 bits per heavy atom. The van der Waals surface area contributed by atoms with Crippen molar-refractivity contribution in [3.8, 4) is 0 Å². The van der Waals surface area contributed by atoms with E-state index in [4.69, 9.17) is 4.42 Å². The van der Waals surface area contributed by atoms with Gasteiger partial charge in [-0.2, -0.15) is 0 Å². The van der Waals surface area contributed by atoms with Gasteiger partial charge in [0.2, 0.25) is 0 Å². The predicted molar refractivity (Wildman–Crippen MR) is 104 cm³/mol. The summed E-state index contributed by atoms with van der Waals surface area (Å²) in [5, 5.41) is 7.76. The monoisotopic (exact) mass is 359 g/mol. The number of methoxy groups -OCH3 is 1. The Labute approximate surface area is 155 Å².